The van der Waals surface area contributed by atoms with Gasteiger partial charge in [0.05, 0.1) is 27.8 Å². The predicted molar refractivity (Wildman–Crippen MR) is 58.3 cm³/mol. The first-order valence-corrected chi connectivity index (χ1v) is 4.82. The van der Waals surface area contributed by atoms with Crippen LogP contribution in [0.15, 0.2) is 30.5 Å². The third kappa shape index (κ3) is 1.94. The number of diazo groups is 1. The molecule has 0 atom stereocenters. The molecule has 0 saturated heterocycles. The average Bonchev–Trinajstić information content (AvgIpc) is 2.66. The summed E-state index contributed by atoms with van der Waals surface area (Å²) >= 11 is 11.7. The maximum atomic E-state index is 8.51. The molecule has 1 aromatic heterocycles. The minimum Gasteiger partial charge on any atom is -0.145 e. The van der Waals surface area contributed by atoms with Crippen molar-refractivity contribution >= 4 is 29.0 Å². The summed E-state index contributed by atoms with van der Waals surface area (Å²) in [5.74, 6) is 0.223. The summed E-state index contributed by atoms with van der Waals surface area (Å²) in [6, 6.07) is 6.62. The van der Waals surface area contributed by atoms with E-state index in [2.05, 4.69) is 10.1 Å². The highest BCUT2D eigenvalue weighted by atomic mass is 35.5. The highest BCUT2D eigenvalue weighted by Crippen LogP contribution is 2.24. The molecule has 1 aromatic carbocycles. The summed E-state index contributed by atoms with van der Waals surface area (Å²) in [4.78, 5) is 2.96. The molecule has 2 aromatic rings. The van der Waals surface area contributed by atoms with Gasteiger partial charge in [-0.3, -0.25) is 0 Å². The van der Waals surface area contributed by atoms with Gasteiger partial charge in [0.2, 0.25) is 0 Å². The Morgan fingerprint density at radius 3 is 2.67 bits per heavy atom. The molecule has 4 nitrogen and oxygen atoms in total. The normalized spacial score (nSPS) is 9.93. The summed E-state index contributed by atoms with van der Waals surface area (Å²) in [6.07, 6.45) is 1.64. The van der Waals surface area contributed by atoms with Crippen LogP contribution in [0.25, 0.3) is 10.7 Å². The van der Waals surface area contributed by atoms with Gasteiger partial charge in [0.15, 0.2) is 0 Å². The van der Waals surface area contributed by atoms with Crippen LogP contribution < -0.4 is 0 Å². The average molecular weight is 240 g/mol. The molecule has 1 heterocycles. The second kappa shape index (κ2) is 3.89. The fourth-order valence-corrected chi connectivity index (χ4v) is 1.66. The van der Waals surface area contributed by atoms with Crippen molar-refractivity contribution in [2.45, 2.75) is 0 Å². The van der Waals surface area contributed by atoms with E-state index in [0.29, 0.717) is 15.7 Å². The van der Waals surface area contributed by atoms with Gasteiger partial charge in [-0.05, 0) is 18.2 Å². The number of nitrogens with zero attached hydrogens (tertiary/aromatic N) is 4. The van der Waals surface area contributed by atoms with E-state index < -0.39 is 0 Å². The highest BCUT2D eigenvalue weighted by Gasteiger charge is 2.13. The molecule has 0 aliphatic heterocycles. The smallest absolute Gasteiger partial charge is 0.145 e. The molecule has 0 bridgehead atoms. The molecule has 74 valence electrons. The van der Waals surface area contributed by atoms with E-state index in [4.69, 9.17) is 28.6 Å². The van der Waals surface area contributed by atoms with Crippen LogP contribution in [0.5, 0.6) is 0 Å². The number of hydrogen-bond acceptors (Lipinski definition) is 2. The first-order valence-electron chi connectivity index (χ1n) is 4.07. The molecular weight excluding hydrogens is 235 g/mol. The van der Waals surface area contributed by atoms with Gasteiger partial charge in [0.25, 0.3) is 0 Å². The zero-order valence-electron chi connectivity index (χ0n) is 7.43. The lowest BCUT2D eigenvalue weighted by molar-refractivity contribution is 0.887. The van der Waals surface area contributed by atoms with E-state index in [1.165, 1.54) is 4.68 Å². The maximum absolute atomic E-state index is 8.51. The first kappa shape index (κ1) is 9.97. The molecule has 0 amide bonds. The zero-order chi connectivity index (χ0) is 10.8. The lowest BCUT2D eigenvalue weighted by atomic mass is 10.3. The first-order chi connectivity index (χ1) is 7.20. The van der Waals surface area contributed by atoms with E-state index in [1.54, 1.807) is 30.5 Å². The predicted octanol–water partition coefficient (Wildman–Crippen LogP) is 3.66. The Morgan fingerprint density at radius 1 is 1.27 bits per heavy atom. The van der Waals surface area contributed by atoms with Crippen molar-refractivity contribution in [3.63, 3.8) is 0 Å². The molecule has 0 N–H and O–H groups in total. The zero-order valence-corrected chi connectivity index (χ0v) is 8.94. The van der Waals surface area contributed by atoms with Crippen molar-refractivity contribution in [3.8, 4) is 5.69 Å². The molecule has 0 aliphatic carbocycles. The molecule has 15 heavy (non-hydrogen) atoms. The van der Waals surface area contributed by atoms with Crippen LogP contribution in [0.3, 0.4) is 0 Å². The number of benzene rings is 1. The van der Waals surface area contributed by atoms with Gasteiger partial charge in [-0.15, -0.1) is 4.68 Å². The molecule has 2 rings (SSSR count). The Kier molecular flexibility index (Phi) is 2.58. The largest absolute Gasteiger partial charge is 0.488 e. The molecule has 0 unspecified atom stereocenters. The second-order valence-corrected chi connectivity index (χ2v) is 3.66. The topological polar surface area (TPSA) is 46.0 Å². The Labute approximate surface area is 95.7 Å². The summed E-state index contributed by atoms with van der Waals surface area (Å²) in [5.41, 5.74) is 0.677. The molecular formula is C9H5Cl2N4+. The molecule has 6 heteroatoms. The van der Waals surface area contributed by atoms with E-state index in [1.807, 2.05) is 0 Å². The van der Waals surface area contributed by atoms with E-state index in [9.17, 15) is 0 Å². The van der Waals surface area contributed by atoms with Crippen LogP contribution in [0.4, 0.5) is 5.82 Å². The number of hydrogen-bond donors (Lipinski definition) is 0. The minimum atomic E-state index is 0.223. The minimum absolute atomic E-state index is 0.223. The van der Waals surface area contributed by atoms with Gasteiger partial charge in [0.1, 0.15) is 5.69 Å². The number of aromatic nitrogens is 2. The highest BCUT2D eigenvalue weighted by molar-refractivity contribution is 6.35. The van der Waals surface area contributed by atoms with Crippen molar-refractivity contribution in [1.29, 1.82) is 5.39 Å². The second-order valence-electron chi connectivity index (χ2n) is 2.81. The van der Waals surface area contributed by atoms with Crippen molar-refractivity contribution in [3.05, 3.63) is 45.5 Å². The summed E-state index contributed by atoms with van der Waals surface area (Å²) < 4.78 is 1.51. The van der Waals surface area contributed by atoms with Crippen molar-refractivity contribution in [2.24, 2.45) is 0 Å². The van der Waals surface area contributed by atoms with E-state index in [-0.39, 0.29) is 5.82 Å². The summed E-state index contributed by atoms with van der Waals surface area (Å²) in [6.45, 7) is 0. The van der Waals surface area contributed by atoms with Crippen molar-refractivity contribution in [2.75, 3.05) is 0 Å². The molecule has 0 spiro atoms. The lowest BCUT2D eigenvalue weighted by Crippen LogP contribution is -1.94. The third-order valence-corrected chi connectivity index (χ3v) is 2.37. The van der Waals surface area contributed by atoms with Crippen LogP contribution >= 0.6 is 23.2 Å². The van der Waals surface area contributed by atoms with Crippen LogP contribution in [-0.4, -0.2) is 9.78 Å². The molecule has 0 fully saturated rings. The van der Waals surface area contributed by atoms with Crippen LogP contribution in [0.1, 0.15) is 0 Å². The van der Waals surface area contributed by atoms with E-state index in [0.717, 1.165) is 0 Å². The van der Waals surface area contributed by atoms with Gasteiger partial charge in [0, 0.05) is 10.00 Å². The molecule has 0 saturated carbocycles. The van der Waals surface area contributed by atoms with Gasteiger partial charge in [-0.2, -0.15) is 0 Å². The van der Waals surface area contributed by atoms with E-state index >= 15 is 0 Å². The van der Waals surface area contributed by atoms with Gasteiger partial charge in [-0.1, -0.05) is 23.2 Å². The van der Waals surface area contributed by atoms with Gasteiger partial charge < -0.3 is 0 Å². The summed E-state index contributed by atoms with van der Waals surface area (Å²) in [5, 5.41) is 13.5. The Morgan fingerprint density at radius 2 is 2.07 bits per heavy atom. The van der Waals surface area contributed by atoms with Crippen molar-refractivity contribution in [1.82, 2.24) is 9.78 Å². The third-order valence-electron chi connectivity index (χ3n) is 1.83. The Hall–Kier alpha value is -1.57. The lowest BCUT2D eigenvalue weighted by Gasteiger charge is -1.99. The standard InChI is InChI=1S/C9H5Cl2N4/c10-6-1-2-8(7(11)5-6)15-4-3-9(13-12)14-15/h1-5H/q+1. The van der Waals surface area contributed by atoms with Gasteiger partial charge in [-0.25, -0.2) is 0 Å². The van der Waals surface area contributed by atoms with Gasteiger partial charge >= 0.3 is 5.82 Å². The monoisotopic (exact) mass is 239 g/mol. The summed E-state index contributed by atoms with van der Waals surface area (Å²) in [7, 11) is 0. The SMILES string of the molecule is N#[N+]c1ccn(-c2ccc(Cl)cc2Cl)n1. The molecule has 0 radical (unpaired) electrons. The fourth-order valence-electron chi connectivity index (χ4n) is 1.17. The Bertz CT molecular complexity index is 541. The van der Waals surface area contributed by atoms with Crippen LogP contribution in [-0.2, 0) is 0 Å². The number of rotatable bonds is 1. The maximum Gasteiger partial charge on any atom is 0.488 e. The fraction of sp³-hybridized carbons (Fsp3) is 0. The Balaban J connectivity index is 2.50. The van der Waals surface area contributed by atoms with Crippen LogP contribution in [0.2, 0.25) is 10.0 Å². The van der Waals surface area contributed by atoms with Crippen LogP contribution in [0, 0.1) is 5.39 Å². The van der Waals surface area contributed by atoms with Crippen molar-refractivity contribution < 1.29 is 0 Å². The number of halogens is 2. The quantitative estimate of drug-likeness (QED) is 0.714. The molecule has 0 aliphatic rings.